The lowest BCUT2D eigenvalue weighted by Gasteiger charge is -2.30. The smallest absolute Gasteiger partial charge is 0.407 e. The molecule has 10 nitrogen and oxygen atoms in total. The van der Waals surface area contributed by atoms with Gasteiger partial charge in [-0.1, -0.05) is 56.2 Å². The number of ether oxygens (including phenoxy) is 1. The van der Waals surface area contributed by atoms with E-state index < -0.39 is 12.1 Å². The van der Waals surface area contributed by atoms with E-state index in [1.165, 1.54) is 7.11 Å². The fraction of sp³-hybridized carbons (Fsp3) is 0.351. The highest BCUT2D eigenvalue weighted by Gasteiger charge is 2.37. The monoisotopic (exact) mass is 629 g/mol. The number of nitrogens with one attached hydrogen (secondary N) is 4. The van der Waals surface area contributed by atoms with E-state index in [9.17, 15) is 9.59 Å². The first-order valence-corrected chi connectivity index (χ1v) is 16.1. The average Bonchev–Trinajstić information content (AvgIpc) is 3.92. The number of benzene rings is 2. The van der Waals surface area contributed by atoms with Gasteiger partial charge in [-0.3, -0.25) is 4.79 Å². The summed E-state index contributed by atoms with van der Waals surface area (Å²) in [4.78, 5) is 43.3. The van der Waals surface area contributed by atoms with Crippen LogP contribution < -0.4 is 10.6 Å². The van der Waals surface area contributed by atoms with E-state index in [0.29, 0.717) is 6.54 Å². The summed E-state index contributed by atoms with van der Waals surface area (Å²) in [6.45, 7) is 5.42. The molecule has 47 heavy (non-hydrogen) atoms. The largest absolute Gasteiger partial charge is 0.453 e. The van der Waals surface area contributed by atoms with E-state index in [4.69, 9.17) is 9.72 Å². The van der Waals surface area contributed by atoms with Gasteiger partial charge in [0, 0.05) is 17.7 Å². The minimum atomic E-state index is -0.685. The molecule has 2 amide bonds. The van der Waals surface area contributed by atoms with E-state index in [2.05, 4.69) is 67.5 Å². The lowest BCUT2D eigenvalue weighted by molar-refractivity contribution is -0.135. The molecule has 2 saturated heterocycles. The number of aromatic nitrogens is 4. The third-order valence-electron chi connectivity index (χ3n) is 8.70. The predicted molar refractivity (Wildman–Crippen MR) is 180 cm³/mol. The summed E-state index contributed by atoms with van der Waals surface area (Å²) in [5.74, 6) is 13.7. The SMILES string of the molecule is COC(=O)N[C@H](C(=O)N1CCC[C@H]1c1ncc(-c2ccc(C#CC#Cc3cnc(C4CCCN4)[nH]3)c(-c3ccccc3)c2)[nH]1)C(C)C. The van der Waals surface area contributed by atoms with Crippen LogP contribution in [0.3, 0.4) is 0 Å². The first-order chi connectivity index (χ1) is 22.9. The zero-order valence-corrected chi connectivity index (χ0v) is 26.9. The van der Waals surface area contributed by atoms with Gasteiger partial charge in [0.15, 0.2) is 0 Å². The fourth-order valence-corrected chi connectivity index (χ4v) is 6.22. The minimum absolute atomic E-state index is 0.100. The number of nitrogens with zero attached hydrogens (tertiary/aromatic N) is 3. The summed E-state index contributed by atoms with van der Waals surface area (Å²) in [7, 11) is 1.29. The Balaban J connectivity index is 1.23. The summed E-state index contributed by atoms with van der Waals surface area (Å²) in [6, 6.07) is 15.6. The molecule has 4 heterocycles. The van der Waals surface area contributed by atoms with Crippen LogP contribution in [-0.2, 0) is 9.53 Å². The van der Waals surface area contributed by atoms with Crippen LogP contribution in [0, 0.1) is 29.6 Å². The van der Waals surface area contributed by atoms with Crippen molar-refractivity contribution in [2.24, 2.45) is 5.92 Å². The molecule has 240 valence electrons. The van der Waals surface area contributed by atoms with Crippen molar-refractivity contribution in [3.63, 3.8) is 0 Å². The number of rotatable bonds is 7. The number of methoxy groups -OCH3 is 1. The van der Waals surface area contributed by atoms with Gasteiger partial charge in [-0.25, -0.2) is 14.8 Å². The van der Waals surface area contributed by atoms with Crippen molar-refractivity contribution in [3.8, 4) is 46.1 Å². The van der Waals surface area contributed by atoms with Gasteiger partial charge in [0.2, 0.25) is 5.91 Å². The van der Waals surface area contributed by atoms with E-state index in [1.54, 1.807) is 6.20 Å². The molecule has 2 fully saturated rings. The van der Waals surface area contributed by atoms with Crippen LogP contribution >= 0.6 is 0 Å². The van der Waals surface area contributed by atoms with Crippen LogP contribution in [0.4, 0.5) is 4.79 Å². The Morgan fingerprint density at radius 1 is 0.957 bits per heavy atom. The first kappa shape index (κ1) is 31.7. The van der Waals surface area contributed by atoms with Crippen molar-refractivity contribution in [1.82, 2.24) is 35.5 Å². The zero-order chi connectivity index (χ0) is 32.8. The maximum absolute atomic E-state index is 13.6. The summed E-state index contributed by atoms with van der Waals surface area (Å²) >= 11 is 0. The molecular weight excluding hydrogens is 590 g/mol. The van der Waals surface area contributed by atoms with Gasteiger partial charge < -0.3 is 30.2 Å². The third-order valence-corrected chi connectivity index (χ3v) is 8.70. The molecule has 3 atom stereocenters. The zero-order valence-electron chi connectivity index (χ0n) is 26.9. The van der Waals surface area contributed by atoms with E-state index in [1.807, 2.05) is 55.3 Å². The van der Waals surface area contributed by atoms with Crippen molar-refractivity contribution in [2.75, 3.05) is 20.2 Å². The van der Waals surface area contributed by atoms with Crippen molar-refractivity contribution in [3.05, 3.63) is 83.8 Å². The number of aromatic amines is 2. The molecular formula is C37H39N7O3. The van der Waals surface area contributed by atoms with Crippen LogP contribution in [0.5, 0.6) is 0 Å². The molecule has 0 spiro atoms. The first-order valence-electron chi connectivity index (χ1n) is 16.1. The van der Waals surface area contributed by atoms with Crippen molar-refractivity contribution in [1.29, 1.82) is 0 Å². The third kappa shape index (κ3) is 7.24. The summed E-state index contributed by atoms with van der Waals surface area (Å²) in [5.41, 5.74) is 5.43. The van der Waals surface area contributed by atoms with E-state index >= 15 is 0 Å². The Bertz CT molecular complexity index is 1850. The number of hydrogen-bond donors (Lipinski definition) is 4. The van der Waals surface area contributed by atoms with Gasteiger partial charge in [0.25, 0.3) is 0 Å². The summed E-state index contributed by atoms with van der Waals surface area (Å²) < 4.78 is 4.76. The molecule has 4 N–H and O–H groups in total. The summed E-state index contributed by atoms with van der Waals surface area (Å²) in [6.07, 6.45) is 6.81. The molecule has 2 aliphatic rings. The molecule has 0 saturated carbocycles. The Kier molecular flexibility index (Phi) is 9.70. The van der Waals surface area contributed by atoms with Gasteiger partial charge in [-0.2, -0.15) is 0 Å². The van der Waals surface area contributed by atoms with Gasteiger partial charge in [-0.05, 0) is 79.2 Å². The van der Waals surface area contributed by atoms with Crippen LogP contribution in [0.25, 0.3) is 22.4 Å². The number of likely N-dealkylation sites (tertiary alicyclic amines) is 1. The Morgan fingerprint density at radius 3 is 2.53 bits per heavy atom. The molecule has 6 rings (SSSR count). The molecule has 4 aromatic rings. The number of H-pyrrole nitrogens is 2. The average molecular weight is 630 g/mol. The van der Waals surface area contributed by atoms with Crippen LogP contribution in [0.1, 0.15) is 74.5 Å². The highest BCUT2D eigenvalue weighted by Crippen LogP contribution is 2.34. The number of imidazole rings is 2. The maximum atomic E-state index is 13.6. The van der Waals surface area contributed by atoms with Gasteiger partial charge in [0.05, 0.1) is 37.3 Å². The Morgan fingerprint density at radius 2 is 1.77 bits per heavy atom. The van der Waals surface area contributed by atoms with Crippen molar-refractivity contribution < 1.29 is 14.3 Å². The highest BCUT2D eigenvalue weighted by atomic mass is 16.5. The van der Waals surface area contributed by atoms with Gasteiger partial charge in [0.1, 0.15) is 23.4 Å². The van der Waals surface area contributed by atoms with Crippen LogP contribution in [-0.4, -0.2) is 63.1 Å². The lowest BCUT2D eigenvalue weighted by atomic mass is 9.96. The topological polar surface area (TPSA) is 128 Å². The minimum Gasteiger partial charge on any atom is -0.453 e. The molecule has 10 heteroatoms. The molecule has 1 unspecified atom stereocenters. The molecule has 2 aromatic heterocycles. The number of carbonyl (C=O) groups excluding carboxylic acids is 2. The molecule has 0 aliphatic carbocycles. The van der Waals surface area contributed by atoms with E-state index in [0.717, 1.165) is 77.5 Å². The molecule has 0 radical (unpaired) electrons. The lowest BCUT2D eigenvalue weighted by Crippen LogP contribution is -2.51. The fourth-order valence-electron chi connectivity index (χ4n) is 6.22. The normalized spacial score (nSPS) is 17.8. The van der Waals surface area contributed by atoms with Crippen molar-refractivity contribution >= 4 is 12.0 Å². The molecule has 0 bridgehead atoms. The maximum Gasteiger partial charge on any atom is 0.407 e. The second kappa shape index (κ2) is 14.4. The number of hydrogen-bond acceptors (Lipinski definition) is 6. The van der Waals surface area contributed by atoms with Gasteiger partial charge in [-0.15, -0.1) is 0 Å². The van der Waals surface area contributed by atoms with Gasteiger partial charge >= 0.3 is 6.09 Å². The Labute approximate surface area is 275 Å². The number of alkyl carbamates (subject to hydrolysis) is 1. The standard InChI is InChI=1S/C37H39N7O3/c1-24(2)33(43-37(46)47-3)36(45)44-20-10-16-32(44)35-40-23-31(42-35)27-18-17-26(29(21-27)25-11-5-4-6-12-25)13-7-8-14-28-22-39-34(41-28)30-15-9-19-38-30/h4-6,11-12,17-18,21-24,30,32-33,38H,9-10,15-16,19-20H2,1-3H3,(H,39,41)(H,40,42)(H,43,46)/t30?,32-,33-/m0/s1. The number of amides is 2. The summed E-state index contributed by atoms with van der Waals surface area (Å²) in [5, 5.41) is 6.14. The quantitative estimate of drug-likeness (QED) is 0.205. The second-order valence-electron chi connectivity index (χ2n) is 12.2. The predicted octanol–water partition coefficient (Wildman–Crippen LogP) is 5.34. The molecule has 2 aliphatic heterocycles. The highest BCUT2D eigenvalue weighted by molar-refractivity contribution is 5.86. The molecule has 2 aromatic carbocycles. The Hall–Kier alpha value is -5.32. The van der Waals surface area contributed by atoms with E-state index in [-0.39, 0.29) is 23.9 Å². The van der Waals surface area contributed by atoms with Crippen LogP contribution in [0.15, 0.2) is 60.9 Å². The number of carbonyl (C=O) groups is 2. The van der Waals surface area contributed by atoms with Crippen molar-refractivity contribution in [2.45, 2.75) is 57.7 Å². The van der Waals surface area contributed by atoms with Crippen LogP contribution in [0.2, 0.25) is 0 Å². The second-order valence-corrected chi connectivity index (χ2v) is 12.2.